The number of ether oxygens (including phenoxy) is 2. The lowest BCUT2D eigenvalue weighted by Crippen LogP contribution is -2.28. The molecule has 0 aromatic heterocycles. The number of hydrogen-bond acceptors (Lipinski definition) is 6. The Morgan fingerprint density at radius 2 is 1.13 bits per heavy atom. The number of hydrogen-bond donors (Lipinski definition) is 4. The van der Waals surface area contributed by atoms with Crippen molar-refractivity contribution in [2.45, 2.75) is 34.0 Å². The zero-order chi connectivity index (χ0) is 28.2. The number of thiocarbonyl (C=S) groups is 2. The van der Waals surface area contributed by atoms with Gasteiger partial charge in [-0.3, -0.25) is 10.9 Å². The second-order valence-corrected chi connectivity index (χ2v) is 9.46. The van der Waals surface area contributed by atoms with Crippen LogP contribution in [0.3, 0.4) is 0 Å². The van der Waals surface area contributed by atoms with Gasteiger partial charge in [-0.1, -0.05) is 30.3 Å². The SMILES string of the molecule is CNC(=S)N/N=C/c1ccccc1OCc1c(C)cc(C)c(COc2ccccc2/C=N/NC(=S)NC)c1C. The molecule has 0 aliphatic heterocycles. The van der Waals surface area contributed by atoms with Gasteiger partial charge in [-0.2, -0.15) is 10.2 Å². The molecular formula is C29H34N6O2S2. The van der Waals surface area contributed by atoms with Crippen molar-refractivity contribution in [2.24, 2.45) is 10.2 Å². The number of aryl methyl sites for hydroxylation is 2. The third-order valence-corrected chi connectivity index (χ3v) is 6.66. The van der Waals surface area contributed by atoms with Crippen LogP contribution in [-0.4, -0.2) is 36.7 Å². The molecule has 0 heterocycles. The molecule has 0 amide bonds. The molecule has 0 aliphatic carbocycles. The molecule has 10 heteroatoms. The third-order valence-electron chi connectivity index (χ3n) is 6.07. The first-order chi connectivity index (χ1) is 18.8. The molecule has 8 nitrogen and oxygen atoms in total. The van der Waals surface area contributed by atoms with Crippen LogP contribution >= 0.6 is 24.4 Å². The van der Waals surface area contributed by atoms with Crippen molar-refractivity contribution >= 4 is 47.1 Å². The predicted molar refractivity (Wildman–Crippen MR) is 167 cm³/mol. The number of rotatable bonds is 10. The fourth-order valence-electron chi connectivity index (χ4n) is 3.89. The first-order valence-electron chi connectivity index (χ1n) is 12.4. The number of benzene rings is 3. The Morgan fingerprint density at radius 1 is 0.718 bits per heavy atom. The smallest absolute Gasteiger partial charge is 0.186 e. The van der Waals surface area contributed by atoms with Gasteiger partial charge in [0.25, 0.3) is 0 Å². The second-order valence-electron chi connectivity index (χ2n) is 8.64. The minimum absolute atomic E-state index is 0.415. The third kappa shape index (κ3) is 8.49. The maximum atomic E-state index is 6.27. The van der Waals surface area contributed by atoms with Crippen molar-refractivity contribution in [2.75, 3.05) is 14.1 Å². The fraction of sp³-hybridized carbons (Fsp3) is 0.241. The van der Waals surface area contributed by atoms with E-state index in [1.807, 2.05) is 48.5 Å². The standard InChI is InChI=1S/C29H34N6O2S2/c1-19-14-20(2)25(18-37-27-13-9-7-11-23(27)16-33-35-29(39)31-5)21(3)24(19)17-36-26-12-8-6-10-22(26)15-32-34-28(38)30-4/h6-16H,17-18H2,1-5H3,(H2,30,34,38)(H2,31,35,39)/b32-15+,33-16+. The van der Waals surface area contributed by atoms with E-state index in [-0.39, 0.29) is 0 Å². The summed E-state index contributed by atoms with van der Waals surface area (Å²) in [6, 6.07) is 17.7. The molecule has 4 N–H and O–H groups in total. The summed E-state index contributed by atoms with van der Waals surface area (Å²) in [7, 11) is 3.47. The number of nitrogens with zero attached hydrogens (tertiary/aromatic N) is 2. The molecule has 3 rings (SSSR count). The summed E-state index contributed by atoms with van der Waals surface area (Å²) in [5.74, 6) is 1.46. The minimum atomic E-state index is 0.415. The Labute approximate surface area is 240 Å². The molecule has 3 aromatic carbocycles. The van der Waals surface area contributed by atoms with Crippen LogP contribution in [0.4, 0.5) is 0 Å². The molecule has 204 valence electrons. The van der Waals surface area contributed by atoms with Gasteiger partial charge in [-0.05, 0) is 97.3 Å². The zero-order valence-electron chi connectivity index (χ0n) is 22.8. The normalized spacial score (nSPS) is 10.9. The Balaban J connectivity index is 1.76. The second kappa shape index (κ2) is 14.8. The molecule has 0 saturated heterocycles. The van der Waals surface area contributed by atoms with E-state index in [4.69, 9.17) is 33.9 Å². The lowest BCUT2D eigenvalue weighted by molar-refractivity contribution is 0.297. The number of hydrazone groups is 2. The highest BCUT2D eigenvalue weighted by atomic mass is 32.1. The predicted octanol–water partition coefficient (Wildman–Crippen LogP) is 4.63. The molecule has 0 unspecified atom stereocenters. The first kappa shape index (κ1) is 29.5. The topological polar surface area (TPSA) is 91.3 Å². The van der Waals surface area contributed by atoms with Gasteiger partial charge in [0.2, 0.25) is 0 Å². The quantitative estimate of drug-likeness (QED) is 0.162. The molecule has 3 aromatic rings. The van der Waals surface area contributed by atoms with E-state index >= 15 is 0 Å². The minimum Gasteiger partial charge on any atom is -0.488 e. The lowest BCUT2D eigenvalue weighted by atomic mass is 9.94. The number of nitrogens with one attached hydrogen (secondary N) is 4. The van der Waals surface area contributed by atoms with Gasteiger partial charge in [-0.25, -0.2) is 0 Å². The van der Waals surface area contributed by atoms with Gasteiger partial charge < -0.3 is 20.1 Å². The van der Waals surface area contributed by atoms with Crippen LogP contribution in [-0.2, 0) is 13.2 Å². The molecule has 0 atom stereocenters. The van der Waals surface area contributed by atoms with Crippen molar-refractivity contribution in [3.8, 4) is 11.5 Å². The highest BCUT2D eigenvalue weighted by Gasteiger charge is 2.14. The Kier molecular flexibility index (Phi) is 11.2. The van der Waals surface area contributed by atoms with Crippen LogP contribution in [0.25, 0.3) is 0 Å². The van der Waals surface area contributed by atoms with E-state index in [0.717, 1.165) is 39.3 Å². The van der Waals surface area contributed by atoms with Crippen LogP contribution in [0.1, 0.15) is 38.9 Å². The van der Waals surface area contributed by atoms with Crippen LogP contribution in [0.5, 0.6) is 11.5 Å². The monoisotopic (exact) mass is 562 g/mol. The molecule has 0 bridgehead atoms. The molecule has 0 saturated carbocycles. The van der Waals surface area contributed by atoms with Crippen molar-refractivity contribution in [1.29, 1.82) is 0 Å². The summed E-state index contributed by atoms with van der Waals surface area (Å²) in [6.45, 7) is 7.15. The Bertz CT molecular complexity index is 1270. The van der Waals surface area contributed by atoms with Crippen LogP contribution in [0.15, 0.2) is 64.8 Å². The summed E-state index contributed by atoms with van der Waals surface area (Å²) in [5.41, 5.74) is 12.9. The van der Waals surface area contributed by atoms with Gasteiger partial charge in [0.05, 0.1) is 12.4 Å². The van der Waals surface area contributed by atoms with E-state index in [0.29, 0.717) is 23.4 Å². The van der Waals surface area contributed by atoms with Crippen LogP contribution < -0.4 is 31.0 Å². The van der Waals surface area contributed by atoms with Crippen molar-refractivity contribution < 1.29 is 9.47 Å². The summed E-state index contributed by atoms with van der Waals surface area (Å²) >= 11 is 10.1. The summed E-state index contributed by atoms with van der Waals surface area (Å²) in [4.78, 5) is 0. The van der Waals surface area contributed by atoms with Crippen molar-refractivity contribution in [3.63, 3.8) is 0 Å². The highest BCUT2D eigenvalue weighted by molar-refractivity contribution is 7.80. The molecule has 0 fully saturated rings. The molecule has 0 spiro atoms. The van der Waals surface area contributed by atoms with Gasteiger partial charge >= 0.3 is 0 Å². The van der Waals surface area contributed by atoms with Gasteiger partial charge in [-0.15, -0.1) is 0 Å². The summed E-state index contributed by atoms with van der Waals surface area (Å²) in [6.07, 6.45) is 3.38. The lowest BCUT2D eigenvalue weighted by Gasteiger charge is -2.19. The average molecular weight is 563 g/mol. The molecule has 39 heavy (non-hydrogen) atoms. The molecular weight excluding hydrogens is 528 g/mol. The maximum Gasteiger partial charge on any atom is 0.186 e. The summed E-state index contributed by atoms with van der Waals surface area (Å²) < 4.78 is 12.5. The Hall–Kier alpha value is -4.02. The van der Waals surface area contributed by atoms with Crippen molar-refractivity contribution in [3.05, 3.63) is 93.5 Å². The van der Waals surface area contributed by atoms with E-state index in [2.05, 4.69) is 58.5 Å². The Morgan fingerprint density at radius 3 is 1.54 bits per heavy atom. The van der Waals surface area contributed by atoms with E-state index < -0.39 is 0 Å². The fourth-order valence-corrected chi connectivity index (χ4v) is 3.99. The molecule has 0 radical (unpaired) electrons. The highest BCUT2D eigenvalue weighted by Crippen LogP contribution is 2.27. The largest absolute Gasteiger partial charge is 0.488 e. The number of para-hydroxylation sites is 2. The van der Waals surface area contributed by atoms with E-state index in [1.165, 1.54) is 11.1 Å². The van der Waals surface area contributed by atoms with E-state index in [9.17, 15) is 0 Å². The van der Waals surface area contributed by atoms with Crippen molar-refractivity contribution in [1.82, 2.24) is 21.5 Å². The maximum absolute atomic E-state index is 6.27. The van der Waals surface area contributed by atoms with E-state index in [1.54, 1.807) is 26.5 Å². The van der Waals surface area contributed by atoms with Gasteiger partial charge in [0.1, 0.15) is 24.7 Å². The molecule has 0 aliphatic rings. The van der Waals surface area contributed by atoms with Crippen LogP contribution in [0.2, 0.25) is 0 Å². The average Bonchev–Trinajstić information content (AvgIpc) is 2.93. The zero-order valence-corrected chi connectivity index (χ0v) is 24.4. The first-order valence-corrected chi connectivity index (χ1v) is 13.2. The summed E-state index contributed by atoms with van der Waals surface area (Å²) in [5, 5.41) is 14.9. The van der Waals surface area contributed by atoms with Gasteiger partial charge in [0.15, 0.2) is 10.2 Å². The van der Waals surface area contributed by atoms with Gasteiger partial charge in [0, 0.05) is 25.2 Å². The van der Waals surface area contributed by atoms with Crippen LogP contribution in [0, 0.1) is 20.8 Å².